The van der Waals surface area contributed by atoms with Crippen LogP contribution in [0.15, 0.2) is 16.7 Å². The molecule has 0 saturated carbocycles. The van der Waals surface area contributed by atoms with Gasteiger partial charge in [-0.3, -0.25) is 4.79 Å². The minimum atomic E-state index is -0.304. The molecule has 0 N–H and O–H groups in total. The molecule has 2 aliphatic rings. The van der Waals surface area contributed by atoms with Gasteiger partial charge in [0.1, 0.15) is 0 Å². The Hall–Kier alpha value is -1.21. The van der Waals surface area contributed by atoms with E-state index >= 15 is 0 Å². The van der Waals surface area contributed by atoms with Gasteiger partial charge in [0.05, 0.1) is 13.2 Å². The summed E-state index contributed by atoms with van der Waals surface area (Å²) < 4.78 is 19.9. The van der Waals surface area contributed by atoms with Crippen molar-refractivity contribution >= 4 is 27.7 Å². The predicted octanol–water partition coefficient (Wildman–Crippen LogP) is 2.45. The minimum absolute atomic E-state index is 0.222. The molecule has 0 bridgehead atoms. The number of nitrogens with zero attached hydrogens (tertiary/aromatic N) is 3. The highest BCUT2D eigenvalue weighted by atomic mass is 79.9. The first-order valence-corrected chi connectivity index (χ1v) is 8.84. The van der Waals surface area contributed by atoms with Crippen LogP contribution in [0, 0.1) is 11.7 Å². The summed E-state index contributed by atoms with van der Waals surface area (Å²) in [6, 6.07) is 1.44. The van der Waals surface area contributed by atoms with Crippen molar-refractivity contribution in [1.29, 1.82) is 0 Å². The Bertz CT molecular complexity index is 558. The van der Waals surface area contributed by atoms with Crippen molar-refractivity contribution in [3.05, 3.63) is 22.6 Å². The molecule has 1 amide bonds. The number of morpholine rings is 1. The van der Waals surface area contributed by atoms with E-state index in [0.717, 1.165) is 25.9 Å². The summed E-state index contributed by atoms with van der Waals surface area (Å²) >= 11 is 3.22. The van der Waals surface area contributed by atoms with Crippen LogP contribution in [0.1, 0.15) is 19.3 Å². The van der Waals surface area contributed by atoms with E-state index in [1.165, 1.54) is 6.07 Å². The van der Waals surface area contributed by atoms with Gasteiger partial charge in [-0.2, -0.15) is 0 Å². The SMILES string of the molecule is O=C(CC1CCN(c2ncc(Br)cc2F)CC1)N1CCOCC1. The fourth-order valence-electron chi connectivity index (χ4n) is 3.18. The molecule has 1 aromatic heterocycles. The van der Waals surface area contributed by atoms with Crippen molar-refractivity contribution in [1.82, 2.24) is 9.88 Å². The number of piperidine rings is 1. The smallest absolute Gasteiger partial charge is 0.223 e. The molecule has 2 aliphatic heterocycles. The van der Waals surface area contributed by atoms with E-state index in [1.54, 1.807) is 6.20 Å². The van der Waals surface area contributed by atoms with E-state index in [1.807, 2.05) is 9.80 Å². The van der Waals surface area contributed by atoms with Crippen LogP contribution < -0.4 is 4.90 Å². The standard InChI is InChI=1S/C16H21BrFN3O2/c17-13-10-14(18)16(19-11-13)21-3-1-12(2-4-21)9-15(22)20-5-7-23-8-6-20/h10-12H,1-9H2. The van der Waals surface area contributed by atoms with E-state index in [9.17, 15) is 9.18 Å². The number of hydrogen-bond acceptors (Lipinski definition) is 4. The monoisotopic (exact) mass is 385 g/mol. The Morgan fingerprint density at radius 1 is 1.30 bits per heavy atom. The lowest BCUT2D eigenvalue weighted by Gasteiger charge is -2.34. The molecule has 0 aromatic carbocycles. The van der Waals surface area contributed by atoms with E-state index < -0.39 is 0 Å². The highest BCUT2D eigenvalue weighted by Gasteiger charge is 2.26. The molecule has 2 fully saturated rings. The Balaban J connectivity index is 1.51. The number of hydrogen-bond donors (Lipinski definition) is 0. The Morgan fingerprint density at radius 3 is 2.65 bits per heavy atom. The number of anilines is 1. The molecule has 3 heterocycles. The van der Waals surface area contributed by atoms with Gasteiger partial charge >= 0.3 is 0 Å². The lowest BCUT2D eigenvalue weighted by atomic mass is 9.93. The molecule has 126 valence electrons. The Kier molecular flexibility index (Phi) is 5.48. The third-order valence-corrected chi connectivity index (χ3v) is 4.96. The maximum atomic E-state index is 14.0. The summed E-state index contributed by atoms with van der Waals surface area (Å²) in [6.45, 7) is 4.16. The van der Waals surface area contributed by atoms with E-state index in [-0.39, 0.29) is 11.7 Å². The van der Waals surface area contributed by atoms with Crippen LogP contribution in [-0.4, -0.2) is 55.2 Å². The van der Waals surface area contributed by atoms with Gasteiger partial charge < -0.3 is 14.5 Å². The van der Waals surface area contributed by atoms with Crippen molar-refractivity contribution in [3.63, 3.8) is 0 Å². The molecule has 0 unspecified atom stereocenters. The summed E-state index contributed by atoms with van der Waals surface area (Å²) in [6.07, 6.45) is 4.00. The molecule has 0 radical (unpaired) electrons. The molecule has 0 spiro atoms. The fraction of sp³-hybridized carbons (Fsp3) is 0.625. The van der Waals surface area contributed by atoms with Crippen molar-refractivity contribution in [3.8, 4) is 0 Å². The molecular formula is C16H21BrFN3O2. The number of rotatable bonds is 3. The molecule has 1 aromatic rings. The second kappa shape index (κ2) is 7.57. The minimum Gasteiger partial charge on any atom is -0.378 e. The fourth-order valence-corrected chi connectivity index (χ4v) is 3.48. The third kappa shape index (κ3) is 4.20. The van der Waals surface area contributed by atoms with Gasteiger partial charge in [-0.15, -0.1) is 0 Å². The maximum Gasteiger partial charge on any atom is 0.223 e. The van der Waals surface area contributed by atoms with Crippen molar-refractivity contribution < 1.29 is 13.9 Å². The normalized spacial score (nSPS) is 19.9. The first-order valence-electron chi connectivity index (χ1n) is 8.05. The van der Waals surface area contributed by atoms with Gasteiger partial charge in [-0.05, 0) is 40.8 Å². The molecule has 0 atom stereocenters. The number of halogens is 2. The zero-order valence-corrected chi connectivity index (χ0v) is 14.6. The molecular weight excluding hydrogens is 365 g/mol. The zero-order chi connectivity index (χ0) is 16.2. The number of pyridine rings is 1. The van der Waals surface area contributed by atoms with Crippen LogP contribution in [0.4, 0.5) is 10.2 Å². The number of amides is 1. The second-order valence-electron chi connectivity index (χ2n) is 6.09. The van der Waals surface area contributed by atoms with Crippen LogP contribution in [0.2, 0.25) is 0 Å². The van der Waals surface area contributed by atoms with E-state index in [2.05, 4.69) is 20.9 Å². The molecule has 2 saturated heterocycles. The highest BCUT2D eigenvalue weighted by Crippen LogP contribution is 2.27. The molecule has 0 aliphatic carbocycles. The summed E-state index contributed by atoms with van der Waals surface area (Å²) in [5.74, 6) is 0.702. The van der Waals surface area contributed by atoms with Crippen LogP contribution in [0.25, 0.3) is 0 Å². The van der Waals surface area contributed by atoms with Gasteiger partial charge in [0.2, 0.25) is 5.91 Å². The first kappa shape index (κ1) is 16.6. The lowest BCUT2D eigenvalue weighted by Crippen LogP contribution is -2.42. The number of ether oxygens (including phenoxy) is 1. The van der Waals surface area contributed by atoms with Crippen LogP contribution in [-0.2, 0) is 9.53 Å². The summed E-state index contributed by atoms with van der Waals surface area (Å²) in [4.78, 5) is 20.3. The number of carbonyl (C=O) groups excluding carboxylic acids is 1. The molecule has 23 heavy (non-hydrogen) atoms. The number of carbonyl (C=O) groups is 1. The van der Waals surface area contributed by atoms with Gasteiger partial charge in [-0.25, -0.2) is 9.37 Å². The third-order valence-electron chi connectivity index (χ3n) is 4.53. The maximum absolute atomic E-state index is 14.0. The van der Waals surface area contributed by atoms with Crippen LogP contribution in [0.5, 0.6) is 0 Å². The van der Waals surface area contributed by atoms with Gasteiger partial charge in [-0.1, -0.05) is 0 Å². The second-order valence-corrected chi connectivity index (χ2v) is 7.00. The van der Waals surface area contributed by atoms with E-state index in [0.29, 0.717) is 48.9 Å². The van der Waals surface area contributed by atoms with Gasteiger partial charge in [0.15, 0.2) is 11.6 Å². The van der Waals surface area contributed by atoms with E-state index in [4.69, 9.17) is 4.74 Å². The predicted molar refractivity (Wildman–Crippen MR) is 88.8 cm³/mol. The average Bonchev–Trinajstić information content (AvgIpc) is 2.57. The van der Waals surface area contributed by atoms with Crippen molar-refractivity contribution in [2.45, 2.75) is 19.3 Å². The van der Waals surface area contributed by atoms with Crippen molar-refractivity contribution in [2.75, 3.05) is 44.3 Å². The molecule has 5 nitrogen and oxygen atoms in total. The zero-order valence-electron chi connectivity index (χ0n) is 13.0. The Labute approximate surface area is 143 Å². The summed E-state index contributed by atoms with van der Waals surface area (Å²) in [5.41, 5.74) is 0. The Morgan fingerprint density at radius 2 is 2.00 bits per heavy atom. The van der Waals surface area contributed by atoms with Crippen molar-refractivity contribution in [2.24, 2.45) is 5.92 Å². The highest BCUT2D eigenvalue weighted by molar-refractivity contribution is 9.10. The van der Waals surface area contributed by atoms with Gasteiger partial charge in [0, 0.05) is 43.3 Å². The summed E-state index contributed by atoms with van der Waals surface area (Å²) in [7, 11) is 0. The van der Waals surface area contributed by atoms with Crippen LogP contribution >= 0.6 is 15.9 Å². The lowest BCUT2D eigenvalue weighted by molar-refractivity contribution is -0.136. The quantitative estimate of drug-likeness (QED) is 0.801. The topological polar surface area (TPSA) is 45.7 Å². The summed E-state index contributed by atoms with van der Waals surface area (Å²) in [5, 5.41) is 0. The average molecular weight is 386 g/mol. The first-order chi connectivity index (χ1) is 11.1. The molecule has 7 heteroatoms. The van der Waals surface area contributed by atoms with Crippen LogP contribution in [0.3, 0.4) is 0 Å². The largest absolute Gasteiger partial charge is 0.378 e. The van der Waals surface area contributed by atoms with Gasteiger partial charge in [0.25, 0.3) is 0 Å². The number of aromatic nitrogens is 1. The molecule has 3 rings (SSSR count).